The maximum Gasteiger partial charge on any atom is 0.340 e. The zero-order valence-electron chi connectivity index (χ0n) is 9.62. The third kappa shape index (κ3) is 3.08. The van der Waals surface area contributed by atoms with Gasteiger partial charge in [-0.05, 0) is 50.1 Å². The molecule has 0 atom stereocenters. The predicted molar refractivity (Wildman–Crippen MR) is 81.0 cm³/mol. The van der Waals surface area contributed by atoms with Crippen LogP contribution in [0.15, 0.2) is 32.5 Å². The number of amides is 1. The smallest absolute Gasteiger partial charge is 0.340 e. The molecule has 104 valence electrons. The summed E-state index contributed by atoms with van der Waals surface area (Å²) in [6, 6.07) is 5.28. The van der Waals surface area contributed by atoms with Crippen LogP contribution in [0.2, 0.25) is 0 Å². The lowest BCUT2D eigenvalue weighted by molar-refractivity contribution is 0.0693. The highest BCUT2D eigenvalue weighted by Gasteiger charge is 2.19. The van der Waals surface area contributed by atoms with E-state index in [0.29, 0.717) is 9.35 Å². The number of carboxylic acid groups (broad SMARTS) is 1. The summed E-state index contributed by atoms with van der Waals surface area (Å²) in [5.74, 6) is -2.84. The summed E-state index contributed by atoms with van der Waals surface area (Å²) in [7, 11) is 0. The molecular weight excluding hydrogens is 417 g/mol. The van der Waals surface area contributed by atoms with E-state index in [-0.39, 0.29) is 5.69 Å². The van der Waals surface area contributed by atoms with Crippen LogP contribution in [-0.4, -0.2) is 17.0 Å². The van der Waals surface area contributed by atoms with Crippen molar-refractivity contribution in [2.75, 3.05) is 5.32 Å². The van der Waals surface area contributed by atoms with Crippen molar-refractivity contribution in [1.82, 2.24) is 0 Å². The van der Waals surface area contributed by atoms with Crippen LogP contribution in [0.5, 0.6) is 0 Å². The van der Waals surface area contributed by atoms with E-state index in [4.69, 9.17) is 5.11 Å². The fraction of sp³-hybridized carbons (Fsp3) is 0. The minimum absolute atomic E-state index is 0.0804. The normalized spacial score (nSPS) is 10.3. The van der Waals surface area contributed by atoms with Gasteiger partial charge in [0.25, 0.3) is 5.91 Å². The molecule has 8 heteroatoms. The van der Waals surface area contributed by atoms with E-state index in [1.165, 1.54) is 23.5 Å². The lowest BCUT2D eigenvalue weighted by Gasteiger charge is -2.07. The first kappa shape index (κ1) is 15.1. The average molecular weight is 423 g/mol. The van der Waals surface area contributed by atoms with Crippen LogP contribution in [0.25, 0.3) is 0 Å². The minimum Gasteiger partial charge on any atom is -0.478 e. The highest BCUT2D eigenvalue weighted by molar-refractivity contribution is 9.13. The standard InChI is InChI=1S/C12H6Br2FNO3S/c13-5-4-8(20-10(5)14)11(17)16-7-3-1-2-6(15)9(7)12(18)19/h1-4H,(H,16,17)(H,18,19). The number of halogens is 3. The highest BCUT2D eigenvalue weighted by atomic mass is 79.9. The van der Waals surface area contributed by atoms with E-state index in [0.717, 1.165) is 9.85 Å². The molecule has 0 unspecified atom stereocenters. The number of carbonyl (C=O) groups is 2. The zero-order chi connectivity index (χ0) is 14.9. The summed E-state index contributed by atoms with van der Waals surface area (Å²) in [6.07, 6.45) is 0. The highest BCUT2D eigenvalue weighted by Crippen LogP contribution is 2.33. The van der Waals surface area contributed by atoms with Gasteiger partial charge in [0.15, 0.2) is 0 Å². The van der Waals surface area contributed by atoms with Gasteiger partial charge in [0, 0.05) is 4.47 Å². The van der Waals surface area contributed by atoms with Gasteiger partial charge in [-0.3, -0.25) is 4.79 Å². The maximum atomic E-state index is 13.5. The molecule has 20 heavy (non-hydrogen) atoms. The van der Waals surface area contributed by atoms with Crippen molar-refractivity contribution in [2.45, 2.75) is 0 Å². The molecule has 2 aromatic rings. The van der Waals surface area contributed by atoms with Gasteiger partial charge in [0.2, 0.25) is 0 Å². The number of carboxylic acids is 1. The summed E-state index contributed by atoms with van der Waals surface area (Å²) in [4.78, 5) is 23.4. The molecule has 0 aliphatic heterocycles. The molecule has 0 aliphatic rings. The van der Waals surface area contributed by atoms with Crippen molar-refractivity contribution in [3.63, 3.8) is 0 Å². The van der Waals surface area contributed by atoms with Gasteiger partial charge in [-0.1, -0.05) is 6.07 Å². The summed E-state index contributed by atoms with van der Waals surface area (Å²) in [5.41, 5.74) is -0.640. The van der Waals surface area contributed by atoms with Crippen molar-refractivity contribution >= 4 is 60.8 Å². The number of thiophene rings is 1. The molecule has 0 saturated carbocycles. The quantitative estimate of drug-likeness (QED) is 0.772. The van der Waals surface area contributed by atoms with Gasteiger partial charge in [-0.25, -0.2) is 9.18 Å². The third-order valence-corrected chi connectivity index (χ3v) is 5.60. The SMILES string of the molecule is O=C(Nc1cccc(F)c1C(=O)O)c1cc(Br)c(Br)s1. The first-order valence-electron chi connectivity index (χ1n) is 5.18. The summed E-state index contributed by atoms with van der Waals surface area (Å²) >= 11 is 7.68. The van der Waals surface area contributed by atoms with Crippen LogP contribution in [0.4, 0.5) is 10.1 Å². The Hall–Kier alpha value is -1.25. The summed E-state index contributed by atoms with van der Waals surface area (Å²) < 4.78 is 14.9. The van der Waals surface area contributed by atoms with Gasteiger partial charge >= 0.3 is 5.97 Å². The number of anilines is 1. The molecule has 1 aromatic heterocycles. The first-order chi connectivity index (χ1) is 9.40. The van der Waals surface area contributed by atoms with Crippen LogP contribution in [-0.2, 0) is 0 Å². The fourth-order valence-electron chi connectivity index (χ4n) is 1.49. The summed E-state index contributed by atoms with van der Waals surface area (Å²) in [5, 5.41) is 11.4. The Kier molecular flexibility index (Phi) is 4.56. The van der Waals surface area contributed by atoms with E-state index in [2.05, 4.69) is 37.2 Å². The number of hydrogen-bond acceptors (Lipinski definition) is 3. The number of carbonyl (C=O) groups excluding carboxylic acids is 1. The molecule has 0 bridgehead atoms. The Morgan fingerprint density at radius 1 is 1.30 bits per heavy atom. The predicted octanol–water partition coefficient (Wildman–Crippen LogP) is 4.36. The topological polar surface area (TPSA) is 66.4 Å². The minimum atomic E-state index is -1.44. The van der Waals surface area contributed by atoms with Gasteiger partial charge < -0.3 is 10.4 Å². The zero-order valence-corrected chi connectivity index (χ0v) is 13.6. The van der Waals surface area contributed by atoms with E-state index in [1.54, 1.807) is 6.07 Å². The van der Waals surface area contributed by atoms with Crippen LogP contribution >= 0.6 is 43.2 Å². The number of nitrogens with one attached hydrogen (secondary N) is 1. The summed E-state index contributed by atoms with van der Waals surface area (Å²) in [6.45, 7) is 0. The molecule has 1 amide bonds. The van der Waals surface area contributed by atoms with Crippen molar-refractivity contribution in [3.05, 3.63) is 48.8 Å². The van der Waals surface area contributed by atoms with Crippen LogP contribution < -0.4 is 5.32 Å². The molecule has 0 fully saturated rings. The lowest BCUT2D eigenvalue weighted by Crippen LogP contribution is -2.14. The number of rotatable bonds is 3. The van der Waals surface area contributed by atoms with Gasteiger partial charge in [0.1, 0.15) is 11.4 Å². The van der Waals surface area contributed by atoms with E-state index >= 15 is 0 Å². The van der Waals surface area contributed by atoms with E-state index < -0.39 is 23.3 Å². The lowest BCUT2D eigenvalue weighted by atomic mass is 10.1. The maximum absolute atomic E-state index is 13.5. The van der Waals surface area contributed by atoms with Gasteiger partial charge in [-0.15, -0.1) is 11.3 Å². The molecule has 4 nitrogen and oxygen atoms in total. The van der Waals surface area contributed by atoms with Gasteiger partial charge in [-0.2, -0.15) is 0 Å². The monoisotopic (exact) mass is 421 g/mol. The molecule has 0 aliphatic carbocycles. The first-order valence-corrected chi connectivity index (χ1v) is 7.58. The average Bonchev–Trinajstić information content (AvgIpc) is 2.69. The van der Waals surface area contributed by atoms with Crippen LogP contribution in [0.3, 0.4) is 0 Å². The molecule has 0 saturated heterocycles. The number of benzene rings is 1. The van der Waals surface area contributed by atoms with Crippen LogP contribution in [0.1, 0.15) is 20.0 Å². The van der Waals surface area contributed by atoms with Crippen LogP contribution in [0, 0.1) is 5.82 Å². The number of aromatic carboxylic acids is 1. The Bertz CT molecular complexity index is 683. The third-order valence-electron chi connectivity index (χ3n) is 2.34. The second-order valence-corrected chi connectivity index (χ2v) is 6.88. The van der Waals surface area contributed by atoms with Gasteiger partial charge in [0.05, 0.1) is 14.4 Å². The molecular formula is C12H6Br2FNO3S. The molecule has 2 rings (SSSR count). The Morgan fingerprint density at radius 2 is 2.00 bits per heavy atom. The molecule has 0 spiro atoms. The molecule has 1 aromatic carbocycles. The van der Waals surface area contributed by atoms with Crippen molar-refractivity contribution in [1.29, 1.82) is 0 Å². The Balaban J connectivity index is 2.33. The molecule has 2 N–H and O–H groups in total. The number of hydrogen-bond donors (Lipinski definition) is 2. The van der Waals surface area contributed by atoms with Crippen molar-refractivity contribution < 1.29 is 19.1 Å². The Labute approximate surface area is 133 Å². The van der Waals surface area contributed by atoms with E-state index in [9.17, 15) is 14.0 Å². The molecule has 1 heterocycles. The van der Waals surface area contributed by atoms with E-state index in [1.807, 2.05) is 0 Å². The Morgan fingerprint density at radius 3 is 2.55 bits per heavy atom. The fourth-order valence-corrected chi connectivity index (χ4v) is 3.42. The largest absolute Gasteiger partial charge is 0.478 e. The second-order valence-electron chi connectivity index (χ2n) is 3.65. The second kappa shape index (κ2) is 6.02. The van der Waals surface area contributed by atoms with Crippen molar-refractivity contribution in [2.24, 2.45) is 0 Å². The molecule has 0 radical (unpaired) electrons. The van der Waals surface area contributed by atoms with Crippen molar-refractivity contribution in [3.8, 4) is 0 Å².